The van der Waals surface area contributed by atoms with E-state index in [1.54, 1.807) is 6.20 Å². The lowest BCUT2D eigenvalue weighted by molar-refractivity contribution is 0.183. The third kappa shape index (κ3) is 4.23. The van der Waals surface area contributed by atoms with Crippen molar-refractivity contribution in [1.29, 1.82) is 0 Å². The zero-order valence-corrected chi connectivity index (χ0v) is 8.83. The molecule has 1 aromatic rings. The van der Waals surface area contributed by atoms with E-state index in [1.165, 1.54) is 0 Å². The number of hydrogen-bond acceptors (Lipinski definition) is 3. The zero-order chi connectivity index (χ0) is 10.4. The molecule has 0 fully saturated rings. The van der Waals surface area contributed by atoms with E-state index in [4.69, 9.17) is 5.11 Å². The van der Waals surface area contributed by atoms with E-state index < -0.39 is 0 Å². The van der Waals surface area contributed by atoms with Crippen molar-refractivity contribution in [2.24, 2.45) is 0 Å². The molecule has 0 radical (unpaired) electrons. The highest BCUT2D eigenvalue weighted by Crippen LogP contribution is 2.07. The molecule has 0 aliphatic carbocycles. The number of aryl methyl sites for hydroxylation is 1. The van der Waals surface area contributed by atoms with Crippen molar-refractivity contribution >= 4 is 5.69 Å². The monoisotopic (exact) mass is 194 g/mol. The van der Waals surface area contributed by atoms with E-state index >= 15 is 0 Å². The summed E-state index contributed by atoms with van der Waals surface area (Å²) in [5.74, 6) is 0. The fourth-order valence-corrected chi connectivity index (χ4v) is 1.29. The molecule has 3 heteroatoms. The van der Waals surface area contributed by atoms with Crippen molar-refractivity contribution in [2.75, 3.05) is 11.9 Å². The number of nitrogens with zero attached hydrogens (tertiary/aromatic N) is 1. The smallest absolute Gasteiger partial charge is 0.0512 e. The molecule has 0 saturated heterocycles. The number of aliphatic hydroxyl groups excluding tert-OH is 1. The molecule has 0 aliphatic heterocycles. The SMILES string of the molecule is Cc1cc(NCCCC(C)O)ccn1. The topological polar surface area (TPSA) is 45.1 Å². The lowest BCUT2D eigenvalue weighted by Crippen LogP contribution is -2.06. The number of hydrogen-bond donors (Lipinski definition) is 2. The summed E-state index contributed by atoms with van der Waals surface area (Å²) in [6.07, 6.45) is 3.43. The van der Waals surface area contributed by atoms with Crippen molar-refractivity contribution in [3.8, 4) is 0 Å². The first-order valence-electron chi connectivity index (χ1n) is 5.03. The maximum atomic E-state index is 9.06. The molecule has 0 aliphatic rings. The van der Waals surface area contributed by atoms with Crippen LogP contribution in [0.3, 0.4) is 0 Å². The van der Waals surface area contributed by atoms with Gasteiger partial charge in [0.25, 0.3) is 0 Å². The van der Waals surface area contributed by atoms with Gasteiger partial charge in [-0.2, -0.15) is 0 Å². The Morgan fingerprint density at radius 1 is 1.57 bits per heavy atom. The van der Waals surface area contributed by atoms with Gasteiger partial charge in [-0.1, -0.05) is 0 Å². The number of nitrogens with one attached hydrogen (secondary N) is 1. The second-order valence-corrected chi connectivity index (χ2v) is 3.60. The quantitative estimate of drug-likeness (QED) is 0.704. The molecular formula is C11H18N2O. The zero-order valence-electron chi connectivity index (χ0n) is 8.83. The summed E-state index contributed by atoms with van der Waals surface area (Å²) in [5.41, 5.74) is 2.12. The Labute approximate surface area is 85.2 Å². The first-order valence-corrected chi connectivity index (χ1v) is 5.03. The molecule has 0 aromatic carbocycles. The third-order valence-electron chi connectivity index (χ3n) is 2.02. The largest absolute Gasteiger partial charge is 0.393 e. The van der Waals surface area contributed by atoms with E-state index in [2.05, 4.69) is 10.3 Å². The first kappa shape index (κ1) is 11.0. The molecule has 1 unspecified atom stereocenters. The first-order chi connectivity index (χ1) is 6.68. The summed E-state index contributed by atoms with van der Waals surface area (Å²) in [7, 11) is 0. The molecule has 1 atom stereocenters. The van der Waals surface area contributed by atoms with E-state index in [-0.39, 0.29) is 6.10 Å². The highest BCUT2D eigenvalue weighted by Gasteiger charge is 1.96. The van der Waals surface area contributed by atoms with Gasteiger partial charge in [-0.15, -0.1) is 0 Å². The minimum absolute atomic E-state index is 0.198. The molecule has 0 bridgehead atoms. The van der Waals surface area contributed by atoms with Crippen molar-refractivity contribution < 1.29 is 5.11 Å². The molecule has 1 rings (SSSR count). The van der Waals surface area contributed by atoms with Crippen LogP contribution in [0, 0.1) is 6.92 Å². The molecule has 1 aromatic heterocycles. The van der Waals surface area contributed by atoms with Gasteiger partial charge < -0.3 is 10.4 Å². The van der Waals surface area contributed by atoms with Crippen LogP contribution in [0.1, 0.15) is 25.5 Å². The maximum absolute atomic E-state index is 9.06. The Bertz CT molecular complexity index is 274. The summed E-state index contributed by atoms with van der Waals surface area (Å²) >= 11 is 0. The molecule has 14 heavy (non-hydrogen) atoms. The van der Waals surface area contributed by atoms with Crippen molar-refractivity contribution in [3.63, 3.8) is 0 Å². The summed E-state index contributed by atoms with van der Waals surface area (Å²) in [6, 6.07) is 3.97. The second kappa shape index (κ2) is 5.60. The van der Waals surface area contributed by atoms with Gasteiger partial charge >= 0.3 is 0 Å². The normalized spacial score (nSPS) is 12.5. The molecule has 0 saturated carbocycles. The van der Waals surface area contributed by atoms with Gasteiger partial charge in [-0.25, -0.2) is 0 Å². The minimum Gasteiger partial charge on any atom is -0.393 e. The summed E-state index contributed by atoms with van der Waals surface area (Å²) < 4.78 is 0. The molecule has 78 valence electrons. The summed E-state index contributed by atoms with van der Waals surface area (Å²) in [5, 5.41) is 12.3. The standard InChI is InChI=1S/C11H18N2O/c1-9-8-11(5-7-12-9)13-6-3-4-10(2)14/h5,7-8,10,14H,3-4,6H2,1-2H3,(H,12,13). The van der Waals surface area contributed by atoms with Gasteiger partial charge in [-0.3, -0.25) is 4.98 Å². The molecular weight excluding hydrogens is 176 g/mol. The lowest BCUT2D eigenvalue weighted by Gasteiger charge is -2.07. The third-order valence-corrected chi connectivity index (χ3v) is 2.02. The Morgan fingerprint density at radius 2 is 2.36 bits per heavy atom. The van der Waals surface area contributed by atoms with Crippen LogP contribution in [-0.4, -0.2) is 22.7 Å². The highest BCUT2D eigenvalue weighted by atomic mass is 16.3. The fraction of sp³-hybridized carbons (Fsp3) is 0.545. The van der Waals surface area contributed by atoms with Crippen molar-refractivity contribution in [2.45, 2.75) is 32.8 Å². The number of aromatic nitrogens is 1. The van der Waals surface area contributed by atoms with Crippen LogP contribution >= 0.6 is 0 Å². The summed E-state index contributed by atoms with van der Waals surface area (Å²) in [4.78, 5) is 4.12. The van der Waals surface area contributed by atoms with Crippen LogP contribution in [0.4, 0.5) is 5.69 Å². The number of anilines is 1. The van der Waals surface area contributed by atoms with Crippen LogP contribution in [0.2, 0.25) is 0 Å². The molecule has 0 amide bonds. The van der Waals surface area contributed by atoms with Crippen LogP contribution in [0.25, 0.3) is 0 Å². The highest BCUT2D eigenvalue weighted by molar-refractivity contribution is 5.42. The van der Waals surface area contributed by atoms with Crippen LogP contribution < -0.4 is 5.32 Å². The van der Waals surface area contributed by atoms with Gasteiger partial charge in [0.1, 0.15) is 0 Å². The van der Waals surface area contributed by atoms with Crippen LogP contribution in [0.15, 0.2) is 18.3 Å². The van der Waals surface area contributed by atoms with E-state index in [0.717, 1.165) is 30.8 Å². The average Bonchev–Trinajstić information content (AvgIpc) is 2.12. The molecule has 3 nitrogen and oxygen atoms in total. The van der Waals surface area contributed by atoms with E-state index in [9.17, 15) is 0 Å². The fourth-order valence-electron chi connectivity index (χ4n) is 1.29. The predicted octanol–water partition coefficient (Wildman–Crippen LogP) is 1.96. The minimum atomic E-state index is -0.198. The number of pyridine rings is 1. The van der Waals surface area contributed by atoms with Crippen molar-refractivity contribution in [1.82, 2.24) is 4.98 Å². The Morgan fingerprint density at radius 3 is 3.00 bits per heavy atom. The van der Waals surface area contributed by atoms with Crippen LogP contribution in [0.5, 0.6) is 0 Å². The second-order valence-electron chi connectivity index (χ2n) is 3.60. The molecule has 2 N–H and O–H groups in total. The molecule has 1 heterocycles. The van der Waals surface area contributed by atoms with Gasteiger partial charge in [0, 0.05) is 24.1 Å². The lowest BCUT2D eigenvalue weighted by atomic mass is 10.2. The maximum Gasteiger partial charge on any atom is 0.0512 e. The van der Waals surface area contributed by atoms with Gasteiger partial charge in [0.15, 0.2) is 0 Å². The van der Waals surface area contributed by atoms with Crippen LogP contribution in [-0.2, 0) is 0 Å². The Balaban J connectivity index is 2.25. The van der Waals surface area contributed by atoms with Gasteiger partial charge in [0.2, 0.25) is 0 Å². The molecule has 0 spiro atoms. The Kier molecular flexibility index (Phi) is 4.40. The van der Waals surface area contributed by atoms with Gasteiger partial charge in [0.05, 0.1) is 6.10 Å². The predicted molar refractivity (Wildman–Crippen MR) is 58.4 cm³/mol. The number of aliphatic hydroxyl groups is 1. The Hall–Kier alpha value is -1.09. The van der Waals surface area contributed by atoms with E-state index in [0.29, 0.717) is 0 Å². The van der Waals surface area contributed by atoms with Crippen molar-refractivity contribution in [3.05, 3.63) is 24.0 Å². The van der Waals surface area contributed by atoms with E-state index in [1.807, 2.05) is 26.0 Å². The average molecular weight is 194 g/mol. The van der Waals surface area contributed by atoms with Gasteiger partial charge in [-0.05, 0) is 38.8 Å². The summed E-state index contributed by atoms with van der Waals surface area (Å²) in [6.45, 7) is 4.69. The number of rotatable bonds is 5.